The summed E-state index contributed by atoms with van der Waals surface area (Å²) in [5.41, 5.74) is 1.20. The number of nitrogens with zero attached hydrogens (tertiary/aromatic N) is 5. The first kappa shape index (κ1) is 22.0. The molecule has 3 N–H and O–H groups in total. The lowest BCUT2D eigenvalue weighted by Crippen LogP contribution is -2.18. The summed E-state index contributed by atoms with van der Waals surface area (Å²) in [5, 5.41) is 26.5. The van der Waals surface area contributed by atoms with E-state index in [0.717, 1.165) is 0 Å². The first-order chi connectivity index (χ1) is 14.9. The topological polar surface area (TPSA) is 156 Å². The van der Waals surface area contributed by atoms with E-state index in [1.54, 1.807) is 18.5 Å². The number of carbonyl (C=O) groups is 1. The standard InChI is InChI=1S/C19H18BrN7O4/c1-2-14-16(18(28)29)17(11-7-12(20)9-21-8-11)26-19(25-14)23-6-5-22-15-4-3-13(10-24-15)27(30)31/h3-4,7-10H,2,5-6H2,1H3,(H,22,24)(H,28,29)(H,23,25,26). The van der Waals surface area contributed by atoms with Gasteiger partial charge in [-0.05, 0) is 34.5 Å². The average Bonchev–Trinajstić information content (AvgIpc) is 2.76. The molecule has 160 valence electrons. The van der Waals surface area contributed by atoms with Gasteiger partial charge in [0.2, 0.25) is 5.95 Å². The maximum Gasteiger partial charge on any atom is 0.339 e. The van der Waals surface area contributed by atoms with Gasteiger partial charge in [0.15, 0.2) is 0 Å². The molecule has 3 aromatic heterocycles. The normalized spacial score (nSPS) is 10.5. The smallest absolute Gasteiger partial charge is 0.339 e. The van der Waals surface area contributed by atoms with Crippen molar-refractivity contribution in [2.45, 2.75) is 13.3 Å². The van der Waals surface area contributed by atoms with Gasteiger partial charge in [-0.25, -0.2) is 19.7 Å². The molecular formula is C19H18BrN7O4. The number of carboxylic acids is 1. The zero-order valence-electron chi connectivity index (χ0n) is 16.4. The maximum atomic E-state index is 11.9. The molecule has 3 heterocycles. The summed E-state index contributed by atoms with van der Waals surface area (Å²) < 4.78 is 0.701. The van der Waals surface area contributed by atoms with Crippen molar-refractivity contribution < 1.29 is 14.8 Å². The lowest BCUT2D eigenvalue weighted by Gasteiger charge is -2.13. The van der Waals surface area contributed by atoms with Crippen molar-refractivity contribution in [2.24, 2.45) is 0 Å². The number of halogens is 1. The molecule has 0 bridgehead atoms. The third-order valence-corrected chi connectivity index (χ3v) is 4.62. The zero-order valence-corrected chi connectivity index (χ0v) is 18.0. The minimum atomic E-state index is -1.11. The van der Waals surface area contributed by atoms with Gasteiger partial charge in [-0.1, -0.05) is 6.92 Å². The van der Waals surface area contributed by atoms with E-state index in [1.165, 1.54) is 18.3 Å². The molecule has 0 fully saturated rings. The van der Waals surface area contributed by atoms with Gasteiger partial charge in [0, 0.05) is 41.6 Å². The van der Waals surface area contributed by atoms with Crippen LogP contribution in [-0.2, 0) is 6.42 Å². The van der Waals surface area contributed by atoms with Crippen LogP contribution >= 0.6 is 15.9 Å². The van der Waals surface area contributed by atoms with Crippen LogP contribution in [0.25, 0.3) is 11.3 Å². The Bertz CT molecular complexity index is 1110. The minimum absolute atomic E-state index is 0.0427. The first-order valence-corrected chi connectivity index (χ1v) is 10.0. The zero-order chi connectivity index (χ0) is 22.4. The van der Waals surface area contributed by atoms with E-state index < -0.39 is 10.9 Å². The van der Waals surface area contributed by atoms with Gasteiger partial charge in [-0.3, -0.25) is 15.1 Å². The molecule has 0 unspecified atom stereocenters. The summed E-state index contributed by atoms with van der Waals surface area (Å²) in [6.07, 6.45) is 4.74. The fourth-order valence-electron chi connectivity index (χ4n) is 2.78. The van der Waals surface area contributed by atoms with Crippen molar-refractivity contribution in [3.05, 3.63) is 62.6 Å². The van der Waals surface area contributed by atoms with Crippen molar-refractivity contribution in [2.75, 3.05) is 23.7 Å². The van der Waals surface area contributed by atoms with Crippen molar-refractivity contribution in [1.82, 2.24) is 19.9 Å². The van der Waals surface area contributed by atoms with Crippen LogP contribution in [0.3, 0.4) is 0 Å². The second-order valence-electron chi connectivity index (χ2n) is 6.28. The summed E-state index contributed by atoms with van der Waals surface area (Å²) in [7, 11) is 0. The van der Waals surface area contributed by atoms with Crippen LogP contribution in [0.1, 0.15) is 23.0 Å². The van der Waals surface area contributed by atoms with E-state index in [9.17, 15) is 20.0 Å². The van der Waals surface area contributed by atoms with Crippen LogP contribution in [-0.4, -0.2) is 49.0 Å². The third kappa shape index (κ3) is 5.48. The highest BCUT2D eigenvalue weighted by atomic mass is 79.9. The van der Waals surface area contributed by atoms with Crippen LogP contribution in [0, 0.1) is 10.1 Å². The molecule has 0 aliphatic carbocycles. The fourth-order valence-corrected chi connectivity index (χ4v) is 3.15. The number of anilines is 2. The summed E-state index contributed by atoms with van der Waals surface area (Å²) in [6.45, 7) is 2.66. The van der Waals surface area contributed by atoms with Gasteiger partial charge in [-0.15, -0.1) is 0 Å². The molecular weight excluding hydrogens is 470 g/mol. The maximum absolute atomic E-state index is 11.9. The Hall–Kier alpha value is -3.67. The lowest BCUT2D eigenvalue weighted by atomic mass is 10.0. The summed E-state index contributed by atoms with van der Waals surface area (Å²) >= 11 is 3.34. The van der Waals surface area contributed by atoms with Gasteiger partial charge in [0.25, 0.3) is 5.69 Å². The van der Waals surface area contributed by atoms with E-state index in [1.807, 2.05) is 6.92 Å². The van der Waals surface area contributed by atoms with Crippen molar-refractivity contribution in [3.8, 4) is 11.3 Å². The SMILES string of the molecule is CCc1nc(NCCNc2ccc([N+](=O)[O-])cn2)nc(-c2cncc(Br)c2)c1C(=O)O. The lowest BCUT2D eigenvalue weighted by molar-refractivity contribution is -0.385. The molecule has 0 saturated carbocycles. The second kappa shape index (κ2) is 9.89. The number of aromatic nitrogens is 4. The average molecular weight is 488 g/mol. The predicted molar refractivity (Wildman–Crippen MR) is 117 cm³/mol. The number of aromatic carboxylic acids is 1. The highest BCUT2D eigenvalue weighted by Crippen LogP contribution is 2.27. The monoisotopic (exact) mass is 487 g/mol. The Labute approximate surface area is 185 Å². The molecule has 0 saturated heterocycles. The fraction of sp³-hybridized carbons (Fsp3) is 0.211. The number of nitrogens with one attached hydrogen (secondary N) is 2. The molecule has 0 atom stereocenters. The first-order valence-electron chi connectivity index (χ1n) is 9.22. The number of carboxylic acid groups (broad SMARTS) is 1. The molecule has 0 aliphatic rings. The van der Waals surface area contributed by atoms with Gasteiger partial charge >= 0.3 is 5.97 Å². The van der Waals surface area contributed by atoms with E-state index in [0.29, 0.717) is 41.1 Å². The second-order valence-corrected chi connectivity index (χ2v) is 7.20. The number of rotatable bonds is 9. The Balaban J connectivity index is 1.76. The summed E-state index contributed by atoms with van der Waals surface area (Å²) in [4.78, 5) is 38.8. The van der Waals surface area contributed by atoms with Gasteiger partial charge in [0.1, 0.15) is 17.6 Å². The quantitative estimate of drug-likeness (QED) is 0.232. The largest absolute Gasteiger partial charge is 0.478 e. The number of pyridine rings is 2. The van der Waals surface area contributed by atoms with Crippen LogP contribution in [0.4, 0.5) is 17.5 Å². The molecule has 0 spiro atoms. The molecule has 0 aliphatic heterocycles. The van der Waals surface area contributed by atoms with Crippen LogP contribution in [0.2, 0.25) is 0 Å². The van der Waals surface area contributed by atoms with Gasteiger partial charge < -0.3 is 15.7 Å². The molecule has 12 heteroatoms. The molecule has 31 heavy (non-hydrogen) atoms. The van der Waals surface area contributed by atoms with Crippen LogP contribution in [0.15, 0.2) is 41.3 Å². The Morgan fingerprint density at radius 3 is 2.58 bits per heavy atom. The number of nitro groups is 1. The highest BCUT2D eigenvalue weighted by molar-refractivity contribution is 9.10. The van der Waals surface area contributed by atoms with Crippen LogP contribution in [0.5, 0.6) is 0 Å². The molecule has 0 amide bonds. The summed E-state index contributed by atoms with van der Waals surface area (Å²) in [5.74, 6) is -0.329. The molecule has 0 radical (unpaired) electrons. The number of hydrogen-bond donors (Lipinski definition) is 3. The van der Waals surface area contributed by atoms with E-state index in [2.05, 4.69) is 46.5 Å². The Kier molecular flexibility index (Phi) is 7.03. The third-order valence-electron chi connectivity index (χ3n) is 4.18. The number of aryl methyl sites for hydroxylation is 1. The molecule has 11 nitrogen and oxygen atoms in total. The Morgan fingerprint density at radius 1 is 1.19 bits per heavy atom. The van der Waals surface area contributed by atoms with Gasteiger partial charge in [-0.2, -0.15) is 0 Å². The van der Waals surface area contributed by atoms with Crippen molar-refractivity contribution in [3.63, 3.8) is 0 Å². The van der Waals surface area contributed by atoms with Crippen molar-refractivity contribution in [1.29, 1.82) is 0 Å². The molecule has 3 aromatic rings. The molecule has 3 rings (SSSR count). The highest BCUT2D eigenvalue weighted by Gasteiger charge is 2.21. The van der Waals surface area contributed by atoms with Crippen LogP contribution < -0.4 is 10.6 Å². The number of hydrogen-bond acceptors (Lipinski definition) is 9. The van der Waals surface area contributed by atoms with E-state index in [-0.39, 0.29) is 22.9 Å². The van der Waals surface area contributed by atoms with Crippen molar-refractivity contribution >= 4 is 39.4 Å². The van der Waals surface area contributed by atoms with E-state index in [4.69, 9.17) is 0 Å². The molecule has 0 aromatic carbocycles. The summed E-state index contributed by atoms with van der Waals surface area (Å²) in [6, 6.07) is 4.62. The predicted octanol–water partition coefficient (Wildman–Crippen LogP) is 3.39. The van der Waals surface area contributed by atoms with Gasteiger partial charge in [0.05, 0.1) is 16.3 Å². The minimum Gasteiger partial charge on any atom is -0.478 e. The van der Waals surface area contributed by atoms with E-state index >= 15 is 0 Å². The Morgan fingerprint density at radius 2 is 1.97 bits per heavy atom.